The molecule has 1 aliphatic rings. The third-order valence-corrected chi connectivity index (χ3v) is 3.96. The molecule has 20 heavy (non-hydrogen) atoms. The molecule has 0 bridgehead atoms. The topological polar surface area (TPSA) is 97.4 Å². The van der Waals surface area contributed by atoms with Crippen LogP contribution in [0, 0.1) is 5.92 Å². The minimum absolute atomic E-state index is 0.136. The highest BCUT2D eigenvalue weighted by Crippen LogP contribution is 2.24. The lowest BCUT2D eigenvalue weighted by Crippen LogP contribution is -2.38. The number of aliphatic hydroxyl groups is 1. The van der Waals surface area contributed by atoms with E-state index in [1.807, 2.05) is 0 Å². The van der Waals surface area contributed by atoms with Gasteiger partial charge in [-0.1, -0.05) is 0 Å². The highest BCUT2D eigenvalue weighted by molar-refractivity contribution is 5.98. The number of nitrogens with two attached hydrogens (primary N) is 1. The molecule has 2 rings (SSSR count). The number of nitrogens with one attached hydrogen (secondary N) is 1. The molecule has 1 aromatic rings. The van der Waals surface area contributed by atoms with E-state index in [9.17, 15) is 9.59 Å². The molecule has 6 nitrogen and oxygen atoms in total. The van der Waals surface area contributed by atoms with Crippen LogP contribution in [-0.4, -0.2) is 34.1 Å². The van der Waals surface area contributed by atoms with Gasteiger partial charge in [0.1, 0.15) is 5.69 Å². The van der Waals surface area contributed by atoms with Gasteiger partial charge in [-0.3, -0.25) is 9.59 Å². The Morgan fingerprint density at radius 1 is 1.40 bits per heavy atom. The summed E-state index contributed by atoms with van der Waals surface area (Å²) < 4.78 is 1.61. The average Bonchev–Trinajstić information content (AvgIpc) is 2.82. The van der Waals surface area contributed by atoms with Gasteiger partial charge in [0, 0.05) is 25.9 Å². The van der Waals surface area contributed by atoms with E-state index in [4.69, 9.17) is 10.8 Å². The molecule has 0 unspecified atom stereocenters. The van der Waals surface area contributed by atoms with Gasteiger partial charge in [-0.25, -0.2) is 0 Å². The minimum atomic E-state index is -0.539. The quantitative estimate of drug-likeness (QED) is 0.744. The maximum Gasteiger partial charge on any atom is 0.268 e. The predicted molar refractivity (Wildman–Crippen MR) is 74.2 cm³/mol. The molecule has 0 aromatic carbocycles. The zero-order valence-electron chi connectivity index (χ0n) is 11.6. The van der Waals surface area contributed by atoms with Gasteiger partial charge >= 0.3 is 0 Å². The van der Waals surface area contributed by atoms with Crippen LogP contribution in [-0.2, 0) is 7.05 Å². The second-order valence-corrected chi connectivity index (χ2v) is 5.46. The summed E-state index contributed by atoms with van der Waals surface area (Å²) in [5.74, 6) is -0.366. The van der Waals surface area contributed by atoms with Crippen LogP contribution >= 0.6 is 0 Å². The van der Waals surface area contributed by atoms with Crippen molar-refractivity contribution < 1.29 is 14.7 Å². The molecular formula is C14H21N3O3. The Morgan fingerprint density at radius 2 is 2.05 bits per heavy atom. The maximum atomic E-state index is 12.2. The van der Waals surface area contributed by atoms with Crippen LogP contribution in [0.25, 0.3) is 0 Å². The summed E-state index contributed by atoms with van der Waals surface area (Å²) in [5.41, 5.74) is 5.97. The van der Waals surface area contributed by atoms with E-state index in [0.717, 1.165) is 25.7 Å². The molecule has 110 valence electrons. The molecule has 6 heteroatoms. The molecule has 1 aliphatic carbocycles. The van der Waals surface area contributed by atoms with Crippen LogP contribution in [0.15, 0.2) is 12.3 Å². The summed E-state index contributed by atoms with van der Waals surface area (Å²) in [7, 11) is 1.71. The Labute approximate surface area is 118 Å². The molecule has 0 atom stereocenters. The number of carbonyl (C=O) groups is 2. The fraction of sp³-hybridized carbons (Fsp3) is 0.571. The highest BCUT2D eigenvalue weighted by Gasteiger charge is 2.23. The van der Waals surface area contributed by atoms with Crippen LogP contribution in [0.3, 0.4) is 0 Å². The molecule has 0 radical (unpaired) electrons. The Bertz CT molecular complexity index is 502. The average molecular weight is 279 g/mol. The first-order valence-corrected chi connectivity index (χ1v) is 6.89. The van der Waals surface area contributed by atoms with Crippen LogP contribution in [0.5, 0.6) is 0 Å². The van der Waals surface area contributed by atoms with Crippen molar-refractivity contribution in [3.05, 3.63) is 23.5 Å². The summed E-state index contributed by atoms with van der Waals surface area (Å²) in [4.78, 5) is 23.3. The highest BCUT2D eigenvalue weighted by atomic mass is 16.3. The molecule has 1 aromatic heterocycles. The van der Waals surface area contributed by atoms with Crippen molar-refractivity contribution in [1.82, 2.24) is 9.88 Å². The van der Waals surface area contributed by atoms with Gasteiger partial charge < -0.3 is 20.7 Å². The third kappa shape index (κ3) is 3.19. The minimum Gasteiger partial charge on any atom is -0.396 e. The second kappa shape index (κ2) is 6.09. The van der Waals surface area contributed by atoms with Crippen molar-refractivity contribution in [3.63, 3.8) is 0 Å². The van der Waals surface area contributed by atoms with Crippen molar-refractivity contribution in [2.24, 2.45) is 18.7 Å². The lowest BCUT2D eigenvalue weighted by atomic mass is 9.86. The van der Waals surface area contributed by atoms with Crippen LogP contribution < -0.4 is 11.1 Å². The number of aromatic nitrogens is 1. The van der Waals surface area contributed by atoms with Crippen LogP contribution in [0.4, 0.5) is 0 Å². The van der Waals surface area contributed by atoms with E-state index in [-0.39, 0.29) is 18.6 Å². The first kappa shape index (κ1) is 14.6. The number of nitrogens with zero attached hydrogens (tertiary/aromatic N) is 1. The standard InChI is InChI=1S/C14H21N3O3/c1-17-7-10(13(15)19)6-12(17)14(20)16-11-4-2-9(8-18)3-5-11/h6-7,9,11,18H,2-5,8H2,1H3,(H2,15,19)(H,16,20). The van der Waals surface area contributed by atoms with E-state index < -0.39 is 5.91 Å². The van der Waals surface area contributed by atoms with E-state index in [1.54, 1.807) is 17.8 Å². The summed E-state index contributed by atoms with van der Waals surface area (Å²) in [6, 6.07) is 1.65. The summed E-state index contributed by atoms with van der Waals surface area (Å²) in [6.45, 7) is 0.223. The van der Waals surface area contributed by atoms with Crippen LogP contribution in [0.1, 0.15) is 46.5 Å². The molecule has 0 spiro atoms. The number of carbonyl (C=O) groups excluding carboxylic acids is 2. The summed E-state index contributed by atoms with van der Waals surface area (Å²) >= 11 is 0. The number of rotatable bonds is 4. The molecular weight excluding hydrogens is 258 g/mol. The van der Waals surface area contributed by atoms with E-state index in [1.165, 1.54) is 6.07 Å². The lowest BCUT2D eigenvalue weighted by molar-refractivity contribution is 0.0905. The Balaban J connectivity index is 1.97. The number of aliphatic hydroxyl groups excluding tert-OH is 1. The lowest BCUT2D eigenvalue weighted by Gasteiger charge is -2.27. The fourth-order valence-corrected chi connectivity index (χ4v) is 2.67. The molecule has 1 heterocycles. The second-order valence-electron chi connectivity index (χ2n) is 5.46. The third-order valence-electron chi connectivity index (χ3n) is 3.96. The van der Waals surface area contributed by atoms with Crippen molar-refractivity contribution >= 4 is 11.8 Å². The van der Waals surface area contributed by atoms with Crippen molar-refractivity contribution in [2.75, 3.05) is 6.61 Å². The smallest absolute Gasteiger partial charge is 0.268 e. The fourth-order valence-electron chi connectivity index (χ4n) is 2.67. The van der Waals surface area contributed by atoms with E-state index in [2.05, 4.69) is 5.32 Å². The Morgan fingerprint density at radius 3 is 2.55 bits per heavy atom. The molecule has 1 saturated carbocycles. The number of hydrogen-bond acceptors (Lipinski definition) is 3. The number of hydrogen-bond donors (Lipinski definition) is 3. The van der Waals surface area contributed by atoms with Crippen molar-refractivity contribution in [3.8, 4) is 0 Å². The first-order valence-electron chi connectivity index (χ1n) is 6.89. The van der Waals surface area contributed by atoms with Gasteiger partial charge in [-0.15, -0.1) is 0 Å². The van der Waals surface area contributed by atoms with Gasteiger partial charge in [-0.2, -0.15) is 0 Å². The van der Waals surface area contributed by atoms with Gasteiger partial charge in [0.2, 0.25) is 5.91 Å². The molecule has 1 fully saturated rings. The molecule has 4 N–H and O–H groups in total. The normalized spacial score (nSPS) is 22.5. The number of amides is 2. The van der Waals surface area contributed by atoms with E-state index >= 15 is 0 Å². The predicted octanol–water partition coefficient (Wildman–Crippen LogP) is 0.405. The largest absolute Gasteiger partial charge is 0.396 e. The number of aryl methyl sites for hydroxylation is 1. The summed E-state index contributed by atoms with van der Waals surface area (Å²) in [6.07, 6.45) is 5.18. The van der Waals surface area contributed by atoms with Gasteiger partial charge in [0.05, 0.1) is 5.56 Å². The van der Waals surface area contributed by atoms with Crippen LogP contribution in [0.2, 0.25) is 0 Å². The molecule has 0 saturated heterocycles. The zero-order valence-corrected chi connectivity index (χ0v) is 11.6. The van der Waals surface area contributed by atoms with Gasteiger partial charge in [-0.05, 0) is 37.7 Å². The molecule has 0 aliphatic heterocycles. The first-order chi connectivity index (χ1) is 9.51. The molecule has 2 amide bonds. The van der Waals surface area contributed by atoms with Crippen molar-refractivity contribution in [1.29, 1.82) is 0 Å². The Hall–Kier alpha value is -1.82. The van der Waals surface area contributed by atoms with Crippen molar-refractivity contribution in [2.45, 2.75) is 31.7 Å². The van der Waals surface area contributed by atoms with Gasteiger partial charge in [0.25, 0.3) is 5.91 Å². The Kier molecular flexibility index (Phi) is 4.44. The van der Waals surface area contributed by atoms with Gasteiger partial charge in [0.15, 0.2) is 0 Å². The van der Waals surface area contributed by atoms with E-state index in [0.29, 0.717) is 17.2 Å². The maximum absolute atomic E-state index is 12.2. The SMILES string of the molecule is Cn1cc(C(N)=O)cc1C(=O)NC1CCC(CO)CC1. The number of primary amides is 1. The monoisotopic (exact) mass is 279 g/mol. The summed E-state index contributed by atoms with van der Waals surface area (Å²) in [5, 5.41) is 12.1. The zero-order chi connectivity index (χ0) is 14.7.